The summed E-state index contributed by atoms with van der Waals surface area (Å²) >= 11 is 6.45. The third-order valence-electron chi connectivity index (χ3n) is 2.23. The van der Waals surface area contributed by atoms with Crippen molar-refractivity contribution in [3.8, 4) is 0 Å². The lowest BCUT2D eigenvalue weighted by molar-refractivity contribution is -0.120. The van der Waals surface area contributed by atoms with Gasteiger partial charge in [0, 0.05) is 16.8 Å². The number of rotatable bonds is 5. The van der Waals surface area contributed by atoms with Crippen molar-refractivity contribution in [3.05, 3.63) is 31.9 Å². The fraction of sp³-hybridized carbons (Fsp3) is 0.273. The summed E-state index contributed by atoms with van der Waals surface area (Å²) in [6.45, 7) is 0.644. The highest BCUT2D eigenvalue weighted by atomic mass is 79.9. The molecule has 0 atom stereocenters. The Morgan fingerprint density at radius 2 is 2.33 bits per heavy atom. The van der Waals surface area contributed by atoms with Crippen LogP contribution in [0.5, 0.6) is 0 Å². The fourth-order valence-electron chi connectivity index (χ4n) is 1.44. The molecule has 0 aliphatic heterocycles. The van der Waals surface area contributed by atoms with E-state index < -0.39 is 0 Å². The third-order valence-corrected chi connectivity index (χ3v) is 4.64. The summed E-state index contributed by atoms with van der Waals surface area (Å²) in [4.78, 5) is 16.9. The average molecular weight is 346 g/mol. The maximum absolute atomic E-state index is 11.6. The molecule has 0 aliphatic rings. The molecule has 0 saturated carbocycles. The van der Waals surface area contributed by atoms with Crippen LogP contribution in [0.15, 0.2) is 21.3 Å². The largest absolute Gasteiger partial charge is 0.375 e. The number of nitrogens with two attached hydrogens (primary N) is 1. The van der Waals surface area contributed by atoms with Crippen molar-refractivity contribution in [3.63, 3.8) is 0 Å². The van der Waals surface area contributed by atoms with Crippen LogP contribution in [-0.4, -0.2) is 17.4 Å². The minimum atomic E-state index is -0.0177. The van der Waals surface area contributed by atoms with E-state index in [0.29, 0.717) is 18.1 Å². The molecule has 3 N–H and O–H groups in total. The first-order valence-corrected chi connectivity index (χ1v) is 7.83. The summed E-state index contributed by atoms with van der Waals surface area (Å²) < 4.78 is 1.11. The van der Waals surface area contributed by atoms with Crippen LogP contribution in [0.4, 0.5) is 5.13 Å². The quantitative estimate of drug-likeness (QED) is 0.874. The number of thiazole rings is 1. The van der Waals surface area contributed by atoms with Crippen LogP contribution in [-0.2, 0) is 17.6 Å². The molecule has 0 spiro atoms. The summed E-state index contributed by atoms with van der Waals surface area (Å²) in [6.07, 6.45) is 1.14. The maximum Gasteiger partial charge on any atom is 0.226 e. The van der Waals surface area contributed by atoms with E-state index in [2.05, 4.69) is 32.3 Å². The highest BCUT2D eigenvalue weighted by Gasteiger charge is 2.06. The van der Waals surface area contributed by atoms with Crippen molar-refractivity contribution in [1.29, 1.82) is 0 Å². The second-order valence-electron chi connectivity index (χ2n) is 3.66. The summed E-state index contributed by atoms with van der Waals surface area (Å²) in [5, 5.41) is 5.19. The summed E-state index contributed by atoms with van der Waals surface area (Å²) in [5.74, 6) is -0.0177. The molecule has 7 heteroatoms. The molecule has 2 heterocycles. The lowest BCUT2D eigenvalue weighted by Gasteiger charge is -2.02. The number of amides is 1. The molecule has 0 saturated heterocycles. The van der Waals surface area contributed by atoms with Crippen LogP contribution >= 0.6 is 38.6 Å². The van der Waals surface area contributed by atoms with Gasteiger partial charge in [-0.15, -0.1) is 22.7 Å². The van der Waals surface area contributed by atoms with Crippen LogP contribution in [0.1, 0.15) is 10.6 Å². The number of hydrogen-bond donors (Lipinski definition) is 2. The lowest BCUT2D eigenvalue weighted by atomic mass is 10.3. The molecular weight excluding hydrogens is 334 g/mol. The SMILES string of the molecule is Nc1nc(CC(=O)NCCc2ccc(Br)s2)cs1. The summed E-state index contributed by atoms with van der Waals surface area (Å²) in [7, 11) is 0. The molecule has 18 heavy (non-hydrogen) atoms. The molecule has 2 aromatic rings. The van der Waals surface area contributed by atoms with E-state index in [1.54, 1.807) is 11.3 Å². The monoisotopic (exact) mass is 345 g/mol. The number of halogens is 1. The van der Waals surface area contributed by atoms with Crippen molar-refractivity contribution in [2.45, 2.75) is 12.8 Å². The summed E-state index contributed by atoms with van der Waals surface area (Å²) in [5.41, 5.74) is 6.24. The first kappa shape index (κ1) is 13.5. The number of nitrogen functional groups attached to an aromatic ring is 1. The highest BCUT2D eigenvalue weighted by molar-refractivity contribution is 9.11. The molecule has 2 aromatic heterocycles. The van der Waals surface area contributed by atoms with E-state index in [1.165, 1.54) is 16.2 Å². The van der Waals surface area contributed by atoms with Gasteiger partial charge in [-0.05, 0) is 34.5 Å². The van der Waals surface area contributed by atoms with E-state index >= 15 is 0 Å². The zero-order valence-electron chi connectivity index (χ0n) is 9.48. The van der Waals surface area contributed by atoms with E-state index in [0.717, 1.165) is 15.9 Å². The highest BCUT2D eigenvalue weighted by Crippen LogP contribution is 2.22. The van der Waals surface area contributed by atoms with Crippen LogP contribution in [0.2, 0.25) is 0 Å². The molecule has 1 amide bonds. The van der Waals surface area contributed by atoms with Gasteiger partial charge < -0.3 is 11.1 Å². The number of hydrogen-bond acceptors (Lipinski definition) is 5. The van der Waals surface area contributed by atoms with Gasteiger partial charge >= 0.3 is 0 Å². The number of nitrogens with one attached hydrogen (secondary N) is 1. The minimum Gasteiger partial charge on any atom is -0.375 e. The molecule has 4 nitrogen and oxygen atoms in total. The van der Waals surface area contributed by atoms with Crippen molar-refractivity contribution < 1.29 is 4.79 Å². The lowest BCUT2D eigenvalue weighted by Crippen LogP contribution is -2.27. The Morgan fingerprint density at radius 3 is 2.94 bits per heavy atom. The average Bonchev–Trinajstić information content (AvgIpc) is 2.88. The predicted molar refractivity (Wildman–Crippen MR) is 79.0 cm³/mol. The molecule has 0 radical (unpaired) electrons. The Kier molecular flexibility index (Phi) is 4.73. The van der Waals surface area contributed by atoms with Crippen molar-refractivity contribution in [2.75, 3.05) is 12.3 Å². The van der Waals surface area contributed by atoms with Gasteiger partial charge in [-0.2, -0.15) is 0 Å². The standard InChI is InChI=1S/C11H12BrN3OS2/c12-9-2-1-8(18-9)3-4-14-10(16)5-7-6-17-11(13)15-7/h1-2,6H,3-5H2,(H2,13,15)(H,14,16). The molecule has 0 aromatic carbocycles. The predicted octanol–water partition coefficient (Wildman–Crippen LogP) is 2.45. The fourth-order valence-corrected chi connectivity index (χ4v) is 3.49. The normalized spacial score (nSPS) is 10.5. The Hall–Kier alpha value is -0.920. The molecule has 0 unspecified atom stereocenters. The van der Waals surface area contributed by atoms with Gasteiger partial charge in [-0.3, -0.25) is 4.79 Å². The maximum atomic E-state index is 11.6. The third kappa shape index (κ3) is 4.08. The Morgan fingerprint density at radius 1 is 1.50 bits per heavy atom. The second-order valence-corrected chi connectivity index (χ2v) is 7.10. The van der Waals surface area contributed by atoms with Gasteiger partial charge in [0.25, 0.3) is 0 Å². The van der Waals surface area contributed by atoms with E-state index in [1.807, 2.05) is 11.4 Å². The number of nitrogens with zero attached hydrogens (tertiary/aromatic N) is 1. The van der Waals surface area contributed by atoms with Crippen molar-refractivity contribution in [2.24, 2.45) is 0 Å². The minimum absolute atomic E-state index is 0.0177. The van der Waals surface area contributed by atoms with Gasteiger partial charge in [0.2, 0.25) is 5.91 Å². The Labute approximate surface area is 121 Å². The number of aromatic nitrogens is 1. The summed E-state index contributed by atoms with van der Waals surface area (Å²) in [6, 6.07) is 4.07. The molecular formula is C11H12BrN3OS2. The number of carbonyl (C=O) groups excluding carboxylic acids is 1. The van der Waals surface area contributed by atoms with E-state index in [9.17, 15) is 4.79 Å². The first-order valence-electron chi connectivity index (χ1n) is 5.34. The van der Waals surface area contributed by atoms with Crippen molar-refractivity contribution >= 4 is 49.6 Å². The molecule has 0 bridgehead atoms. The zero-order chi connectivity index (χ0) is 13.0. The number of thiophene rings is 1. The van der Waals surface area contributed by atoms with Crippen molar-refractivity contribution in [1.82, 2.24) is 10.3 Å². The van der Waals surface area contributed by atoms with Gasteiger partial charge in [0.15, 0.2) is 5.13 Å². The van der Waals surface area contributed by atoms with Gasteiger partial charge in [-0.25, -0.2) is 4.98 Å². The van der Waals surface area contributed by atoms with E-state index in [4.69, 9.17) is 5.73 Å². The number of anilines is 1. The van der Waals surface area contributed by atoms with Crippen LogP contribution in [0.25, 0.3) is 0 Å². The van der Waals surface area contributed by atoms with Crippen LogP contribution in [0, 0.1) is 0 Å². The Balaban J connectivity index is 1.72. The molecule has 0 aliphatic carbocycles. The number of carbonyl (C=O) groups is 1. The molecule has 2 rings (SSSR count). The van der Waals surface area contributed by atoms with E-state index in [-0.39, 0.29) is 5.91 Å². The molecule has 96 valence electrons. The van der Waals surface area contributed by atoms with Crippen LogP contribution < -0.4 is 11.1 Å². The van der Waals surface area contributed by atoms with Gasteiger partial charge in [0.05, 0.1) is 15.9 Å². The smallest absolute Gasteiger partial charge is 0.226 e. The van der Waals surface area contributed by atoms with Gasteiger partial charge in [-0.1, -0.05) is 0 Å². The zero-order valence-corrected chi connectivity index (χ0v) is 12.7. The topological polar surface area (TPSA) is 68.0 Å². The van der Waals surface area contributed by atoms with Crippen LogP contribution in [0.3, 0.4) is 0 Å². The second kappa shape index (κ2) is 6.31. The first-order chi connectivity index (χ1) is 8.63. The van der Waals surface area contributed by atoms with Gasteiger partial charge in [0.1, 0.15) is 0 Å². The Bertz CT molecular complexity index is 538. The molecule has 0 fully saturated rings.